The normalized spacial score (nSPS) is 16.5. The zero-order chi connectivity index (χ0) is 12.6. The lowest BCUT2D eigenvalue weighted by atomic mass is 9.84. The minimum Gasteiger partial charge on any atom is -0.370 e. The molecule has 0 amide bonds. The number of carbonyl (C=O) groups is 1. The SMILES string of the molecule is NC(N)=NCCCCC1(C=O)C=CC=CC=C1. The van der Waals surface area contributed by atoms with Gasteiger partial charge in [-0.25, -0.2) is 0 Å². The first-order valence-corrected chi connectivity index (χ1v) is 5.74. The van der Waals surface area contributed by atoms with Crippen molar-refractivity contribution in [3.63, 3.8) is 0 Å². The summed E-state index contributed by atoms with van der Waals surface area (Å²) < 4.78 is 0. The summed E-state index contributed by atoms with van der Waals surface area (Å²) in [6.07, 6.45) is 15.1. The van der Waals surface area contributed by atoms with E-state index in [0.29, 0.717) is 6.54 Å². The van der Waals surface area contributed by atoms with Gasteiger partial charge in [-0.15, -0.1) is 0 Å². The first-order valence-electron chi connectivity index (χ1n) is 5.74. The lowest BCUT2D eigenvalue weighted by molar-refractivity contribution is -0.112. The molecule has 0 saturated carbocycles. The topological polar surface area (TPSA) is 81.5 Å². The molecule has 4 heteroatoms. The summed E-state index contributed by atoms with van der Waals surface area (Å²) in [5.74, 6) is 0.119. The third-order valence-corrected chi connectivity index (χ3v) is 2.68. The van der Waals surface area contributed by atoms with Gasteiger partial charge in [0, 0.05) is 6.54 Å². The van der Waals surface area contributed by atoms with Gasteiger partial charge in [-0.3, -0.25) is 4.99 Å². The molecule has 0 spiro atoms. The molecule has 0 aromatic heterocycles. The molecule has 0 bridgehead atoms. The van der Waals surface area contributed by atoms with E-state index in [-0.39, 0.29) is 5.96 Å². The van der Waals surface area contributed by atoms with Crippen LogP contribution in [0, 0.1) is 5.41 Å². The molecular weight excluding hydrogens is 214 g/mol. The highest BCUT2D eigenvalue weighted by Gasteiger charge is 2.22. The van der Waals surface area contributed by atoms with Crippen LogP contribution in [0.1, 0.15) is 19.3 Å². The van der Waals surface area contributed by atoms with Crippen LogP contribution >= 0.6 is 0 Å². The smallest absolute Gasteiger partial charge is 0.185 e. The molecule has 0 aliphatic heterocycles. The fourth-order valence-electron chi connectivity index (χ4n) is 1.71. The van der Waals surface area contributed by atoms with Gasteiger partial charge in [0.25, 0.3) is 0 Å². The average Bonchev–Trinajstić information content (AvgIpc) is 2.54. The van der Waals surface area contributed by atoms with E-state index in [1.165, 1.54) is 0 Å². The molecule has 0 heterocycles. The van der Waals surface area contributed by atoms with E-state index in [4.69, 9.17) is 11.5 Å². The van der Waals surface area contributed by atoms with Crippen LogP contribution in [0.15, 0.2) is 41.4 Å². The monoisotopic (exact) mass is 233 g/mol. The van der Waals surface area contributed by atoms with Gasteiger partial charge < -0.3 is 16.3 Å². The molecule has 4 nitrogen and oxygen atoms in total. The van der Waals surface area contributed by atoms with Crippen LogP contribution in [-0.4, -0.2) is 18.8 Å². The molecule has 1 rings (SSSR count). The summed E-state index contributed by atoms with van der Waals surface area (Å²) in [5.41, 5.74) is 9.99. The minimum atomic E-state index is -0.471. The predicted molar refractivity (Wildman–Crippen MR) is 70.4 cm³/mol. The van der Waals surface area contributed by atoms with Gasteiger partial charge >= 0.3 is 0 Å². The number of nitrogens with zero attached hydrogens (tertiary/aromatic N) is 1. The second kappa shape index (κ2) is 6.68. The quantitative estimate of drug-likeness (QED) is 0.314. The largest absolute Gasteiger partial charge is 0.370 e. The summed E-state index contributed by atoms with van der Waals surface area (Å²) in [5, 5.41) is 0. The van der Waals surface area contributed by atoms with E-state index in [9.17, 15) is 4.79 Å². The predicted octanol–water partition coefficient (Wildman–Crippen LogP) is 1.30. The molecule has 1 aliphatic carbocycles. The zero-order valence-electron chi connectivity index (χ0n) is 9.88. The van der Waals surface area contributed by atoms with Crippen molar-refractivity contribution in [3.8, 4) is 0 Å². The van der Waals surface area contributed by atoms with E-state index >= 15 is 0 Å². The fourth-order valence-corrected chi connectivity index (χ4v) is 1.71. The summed E-state index contributed by atoms with van der Waals surface area (Å²) >= 11 is 0. The molecule has 17 heavy (non-hydrogen) atoms. The van der Waals surface area contributed by atoms with Crippen molar-refractivity contribution in [1.82, 2.24) is 0 Å². The first kappa shape index (κ1) is 13.2. The second-order valence-electron chi connectivity index (χ2n) is 4.10. The summed E-state index contributed by atoms with van der Waals surface area (Å²) in [6, 6.07) is 0. The van der Waals surface area contributed by atoms with Gasteiger partial charge in [0.2, 0.25) is 0 Å². The Morgan fingerprint density at radius 2 is 1.76 bits per heavy atom. The Bertz CT molecular complexity index is 347. The van der Waals surface area contributed by atoms with Crippen molar-refractivity contribution in [2.24, 2.45) is 21.9 Å². The Morgan fingerprint density at radius 1 is 1.12 bits per heavy atom. The first-order chi connectivity index (χ1) is 8.18. The van der Waals surface area contributed by atoms with Crippen molar-refractivity contribution < 1.29 is 4.79 Å². The van der Waals surface area contributed by atoms with Gasteiger partial charge in [-0.2, -0.15) is 0 Å². The number of unbranched alkanes of at least 4 members (excludes halogenated alkanes) is 1. The van der Waals surface area contributed by atoms with Gasteiger partial charge in [0.15, 0.2) is 5.96 Å². The van der Waals surface area contributed by atoms with Crippen LogP contribution in [0.2, 0.25) is 0 Å². The standard InChI is InChI=1S/C13H19N3O/c14-12(15)16-10-6-5-9-13(11-17)7-3-1-2-4-8-13/h1-4,7-8,11H,5-6,9-10H2,(H4,14,15,16). The number of rotatable bonds is 6. The number of aldehydes is 1. The molecule has 0 atom stereocenters. The Balaban J connectivity index is 2.42. The summed E-state index contributed by atoms with van der Waals surface area (Å²) in [7, 11) is 0. The third kappa shape index (κ3) is 4.68. The third-order valence-electron chi connectivity index (χ3n) is 2.68. The number of hydrogen-bond donors (Lipinski definition) is 2. The van der Waals surface area contributed by atoms with Gasteiger partial charge in [-0.05, 0) is 19.3 Å². The van der Waals surface area contributed by atoms with Crippen molar-refractivity contribution in [2.45, 2.75) is 19.3 Å². The van der Waals surface area contributed by atoms with E-state index < -0.39 is 5.41 Å². The molecule has 4 N–H and O–H groups in total. The maximum Gasteiger partial charge on any atom is 0.185 e. The van der Waals surface area contributed by atoms with Crippen LogP contribution in [0.5, 0.6) is 0 Å². The fraction of sp³-hybridized carbons (Fsp3) is 0.385. The zero-order valence-corrected chi connectivity index (χ0v) is 9.88. The number of aliphatic imine (C=N–C) groups is 1. The number of guanidine groups is 1. The Hall–Kier alpha value is -1.84. The molecule has 0 fully saturated rings. The molecule has 0 radical (unpaired) electrons. The van der Waals surface area contributed by atoms with Crippen molar-refractivity contribution >= 4 is 12.2 Å². The second-order valence-corrected chi connectivity index (χ2v) is 4.10. The molecule has 0 unspecified atom stereocenters. The van der Waals surface area contributed by atoms with E-state index in [1.54, 1.807) is 0 Å². The highest BCUT2D eigenvalue weighted by atomic mass is 16.1. The summed E-state index contributed by atoms with van der Waals surface area (Å²) in [4.78, 5) is 15.1. The van der Waals surface area contributed by atoms with Crippen molar-refractivity contribution in [1.29, 1.82) is 0 Å². The molecule has 0 aromatic rings. The van der Waals surface area contributed by atoms with Crippen LogP contribution < -0.4 is 11.5 Å². The van der Waals surface area contributed by atoms with Crippen LogP contribution in [-0.2, 0) is 4.79 Å². The highest BCUT2D eigenvalue weighted by molar-refractivity contribution is 5.75. The summed E-state index contributed by atoms with van der Waals surface area (Å²) in [6.45, 7) is 0.614. The van der Waals surface area contributed by atoms with E-state index in [0.717, 1.165) is 25.5 Å². The highest BCUT2D eigenvalue weighted by Crippen LogP contribution is 2.27. The lowest BCUT2D eigenvalue weighted by Crippen LogP contribution is -2.23. The maximum absolute atomic E-state index is 11.2. The lowest BCUT2D eigenvalue weighted by Gasteiger charge is -2.19. The number of allylic oxidation sites excluding steroid dienone is 6. The maximum atomic E-state index is 11.2. The Morgan fingerprint density at radius 3 is 2.29 bits per heavy atom. The number of hydrogen-bond acceptors (Lipinski definition) is 2. The molecule has 0 saturated heterocycles. The molecular formula is C13H19N3O. The van der Waals surface area contributed by atoms with Crippen molar-refractivity contribution in [2.75, 3.05) is 6.54 Å². The van der Waals surface area contributed by atoms with Crippen LogP contribution in [0.4, 0.5) is 0 Å². The van der Waals surface area contributed by atoms with Crippen molar-refractivity contribution in [3.05, 3.63) is 36.5 Å². The van der Waals surface area contributed by atoms with E-state index in [1.807, 2.05) is 36.5 Å². The molecule has 1 aliphatic rings. The van der Waals surface area contributed by atoms with Gasteiger partial charge in [0.1, 0.15) is 6.29 Å². The van der Waals surface area contributed by atoms with E-state index in [2.05, 4.69) is 4.99 Å². The average molecular weight is 233 g/mol. The number of nitrogens with two attached hydrogens (primary N) is 2. The Kier molecular flexibility index (Phi) is 5.20. The van der Waals surface area contributed by atoms with Gasteiger partial charge in [-0.1, -0.05) is 36.5 Å². The van der Waals surface area contributed by atoms with Gasteiger partial charge in [0.05, 0.1) is 5.41 Å². The Labute approximate surface area is 102 Å². The van der Waals surface area contributed by atoms with Crippen LogP contribution in [0.25, 0.3) is 0 Å². The van der Waals surface area contributed by atoms with Crippen LogP contribution in [0.3, 0.4) is 0 Å². The minimum absolute atomic E-state index is 0.119. The molecule has 0 aromatic carbocycles. The molecule has 92 valence electrons. The number of carbonyl (C=O) groups excluding carboxylic acids is 1.